The second kappa shape index (κ2) is 8.68. The number of amides is 2. The van der Waals surface area contributed by atoms with Crippen LogP contribution < -0.4 is 15.2 Å². The summed E-state index contributed by atoms with van der Waals surface area (Å²) in [6.45, 7) is 6.04. The van der Waals surface area contributed by atoms with Crippen molar-refractivity contribution in [2.75, 3.05) is 19.8 Å². The van der Waals surface area contributed by atoms with Gasteiger partial charge in [-0.25, -0.2) is 0 Å². The fourth-order valence-electron chi connectivity index (χ4n) is 2.09. The number of thiocarbonyl (C=S) groups is 1. The predicted molar refractivity (Wildman–Crippen MR) is 102 cm³/mol. The van der Waals surface area contributed by atoms with Gasteiger partial charge < -0.3 is 15.2 Å². The zero-order valence-electron chi connectivity index (χ0n) is 13.7. The van der Waals surface area contributed by atoms with Gasteiger partial charge >= 0.3 is 0 Å². The Hall–Kier alpha value is -2.32. The summed E-state index contributed by atoms with van der Waals surface area (Å²) < 4.78 is 11.4. The third kappa shape index (κ3) is 4.83. The summed E-state index contributed by atoms with van der Waals surface area (Å²) >= 11 is 6.46. The van der Waals surface area contributed by atoms with Crippen LogP contribution >= 0.6 is 24.0 Å². The maximum atomic E-state index is 12.4. The van der Waals surface area contributed by atoms with Crippen LogP contribution in [-0.2, 0) is 9.59 Å². The number of benzene rings is 1. The average molecular weight is 378 g/mol. The second-order valence-electron chi connectivity index (χ2n) is 4.98. The summed E-state index contributed by atoms with van der Waals surface area (Å²) in [6.07, 6.45) is 3.37. The molecule has 0 saturated carbocycles. The fourth-order valence-corrected chi connectivity index (χ4v) is 3.36. The second-order valence-corrected chi connectivity index (χ2v) is 6.65. The maximum Gasteiger partial charge on any atom is 0.266 e. The zero-order chi connectivity index (χ0) is 18.4. The van der Waals surface area contributed by atoms with Gasteiger partial charge in [-0.3, -0.25) is 14.5 Å². The minimum Gasteiger partial charge on any atom is -0.490 e. The molecule has 1 fully saturated rings. The van der Waals surface area contributed by atoms with Gasteiger partial charge in [-0.1, -0.05) is 36.1 Å². The number of hydrogen-bond donors (Lipinski definition) is 1. The van der Waals surface area contributed by atoms with E-state index in [1.165, 1.54) is 16.7 Å². The third-order valence-corrected chi connectivity index (χ3v) is 4.50. The van der Waals surface area contributed by atoms with Gasteiger partial charge in [-0.2, -0.15) is 0 Å². The van der Waals surface area contributed by atoms with Crippen LogP contribution in [0.1, 0.15) is 12.5 Å². The Labute approximate surface area is 155 Å². The van der Waals surface area contributed by atoms with Crippen LogP contribution in [0.15, 0.2) is 35.8 Å². The molecule has 1 aromatic rings. The van der Waals surface area contributed by atoms with Crippen LogP contribution in [0.4, 0.5) is 0 Å². The maximum absolute atomic E-state index is 12.4. The lowest BCUT2D eigenvalue weighted by molar-refractivity contribution is -0.122. The van der Waals surface area contributed by atoms with Crippen molar-refractivity contribution in [2.24, 2.45) is 5.73 Å². The molecule has 0 aliphatic carbocycles. The highest BCUT2D eigenvalue weighted by Crippen LogP contribution is 2.34. The van der Waals surface area contributed by atoms with Crippen LogP contribution in [0.3, 0.4) is 0 Å². The lowest BCUT2D eigenvalue weighted by atomic mass is 10.2. The van der Waals surface area contributed by atoms with E-state index in [0.717, 1.165) is 5.56 Å². The standard InChI is InChI=1S/C17H18N2O4S2/c1-3-7-19-16(21)14(25-17(19)24)9-11-5-6-12(23-10-15(18)20)13(8-11)22-4-2/h3,5-6,8-9H,1,4,7,10H2,2H3,(H2,18,20)/b14-9+. The van der Waals surface area contributed by atoms with Crippen molar-refractivity contribution in [2.45, 2.75) is 6.92 Å². The largest absolute Gasteiger partial charge is 0.490 e. The van der Waals surface area contributed by atoms with Crippen LogP contribution in [0.25, 0.3) is 6.08 Å². The van der Waals surface area contributed by atoms with E-state index in [4.69, 9.17) is 27.4 Å². The molecule has 132 valence electrons. The minimum absolute atomic E-state index is 0.151. The fraction of sp³-hybridized carbons (Fsp3) is 0.235. The molecule has 0 spiro atoms. The first-order valence-electron chi connectivity index (χ1n) is 7.50. The third-order valence-electron chi connectivity index (χ3n) is 3.12. The van der Waals surface area contributed by atoms with Gasteiger partial charge in [0.1, 0.15) is 4.32 Å². The summed E-state index contributed by atoms with van der Waals surface area (Å²) in [5.74, 6) is 0.162. The Kier molecular flexibility index (Phi) is 6.60. The molecule has 0 radical (unpaired) electrons. The number of ether oxygens (including phenoxy) is 2. The van der Waals surface area contributed by atoms with E-state index in [2.05, 4.69) is 6.58 Å². The number of rotatable bonds is 8. The molecule has 1 heterocycles. The molecule has 6 nitrogen and oxygen atoms in total. The molecule has 2 rings (SSSR count). The van der Waals surface area contributed by atoms with Gasteiger partial charge in [-0.15, -0.1) is 6.58 Å². The monoisotopic (exact) mass is 378 g/mol. The molecule has 8 heteroatoms. The van der Waals surface area contributed by atoms with Crippen LogP contribution in [0, 0.1) is 0 Å². The molecule has 1 aliphatic rings. The minimum atomic E-state index is -0.572. The molecule has 2 N–H and O–H groups in total. The van der Waals surface area contributed by atoms with E-state index < -0.39 is 5.91 Å². The molecule has 2 amide bonds. The normalized spacial score (nSPS) is 15.6. The van der Waals surface area contributed by atoms with Crippen molar-refractivity contribution in [3.05, 3.63) is 41.3 Å². The first kappa shape index (κ1) is 19.0. The van der Waals surface area contributed by atoms with Crippen molar-refractivity contribution in [3.8, 4) is 11.5 Å². The number of carbonyl (C=O) groups excluding carboxylic acids is 2. The topological polar surface area (TPSA) is 81.9 Å². The number of nitrogens with two attached hydrogens (primary N) is 1. The van der Waals surface area contributed by atoms with E-state index in [1.54, 1.807) is 30.4 Å². The number of nitrogens with zero attached hydrogens (tertiary/aromatic N) is 1. The average Bonchev–Trinajstić information content (AvgIpc) is 2.82. The Morgan fingerprint density at radius 2 is 2.16 bits per heavy atom. The lowest BCUT2D eigenvalue weighted by Crippen LogP contribution is -2.27. The van der Waals surface area contributed by atoms with Gasteiger partial charge in [-0.05, 0) is 30.7 Å². The first-order valence-corrected chi connectivity index (χ1v) is 8.73. The molecular weight excluding hydrogens is 360 g/mol. The van der Waals surface area contributed by atoms with Crippen molar-refractivity contribution in [1.29, 1.82) is 0 Å². The summed E-state index contributed by atoms with van der Waals surface area (Å²) in [5, 5.41) is 0. The Bertz CT molecular complexity index is 746. The van der Waals surface area contributed by atoms with E-state index in [1.807, 2.05) is 6.92 Å². The van der Waals surface area contributed by atoms with E-state index in [-0.39, 0.29) is 12.5 Å². The van der Waals surface area contributed by atoms with Crippen LogP contribution in [0.2, 0.25) is 0 Å². The highest BCUT2D eigenvalue weighted by atomic mass is 32.2. The number of primary amides is 1. The van der Waals surface area contributed by atoms with Crippen molar-refractivity contribution in [3.63, 3.8) is 0 Å². The van der Waals surface area contributed by atoms with Crippen LogP contribution in [0.5, 0.6) is 11.5 Å². The van der Waals surface area contributed by atoms with Gasteiger partial charge in [0.2, 0.25) is 0 Å². The summed E-state index contributed by atoms with van der Waals surface area (Å²) in [4.78, 5) is 25.3. The quantitative estimate of drug-likeness (QED) is 0.425. The first-order chi connectivity index (χ1) is 12.0. The van der Waals surface area contributed by atoms with Gasteiger partial charge in [0, 0.05) is 6.54 Å². The molecule has 0 atom stereocenters. The summed E-state index contributed by atoms with van der Waals surface area (Å²) in [6, 6.07) is 5.17. The lowest BCUT2D eigenvalue weighted by Gasteiger charge is -2.12. The summed E-state index contributed by atoms with van der Waals surface area (Å²) in [5.41, 5.74) is 5.85. The molecule has 1 aromatic carbocycles. The van der Waals surface area contributed by atoms with E-state index in [9.17, 15) is 9.59 Å². The van der Waals surface area contributed by atoms with Crippen molar-refractivity contribution < 1.29 is 19.1 Å². The van der Waals surface area contributed by atoms with Crippen LogP contribution in [-0.4, -0.2) is 40.8 Å². The summed E-state index contributed by atoms with van der Waals surface area (Å²) in [7, 11) is 0. The van der Waals surface area contributed by atoms with E-state index in [0.29, 0.717) is 33.9 Å². The highest BCUT2D eigenvalue weighted by molar-refractivity contribution is 8.26. The molecule has 1 aliphatic heterocycles. The van der Waals surface area contributed by atoms with Crippen molar-refractivity contribution in [1.82, 2.24) is 4.90 Å². The molecule has 1 saturated heterocycles. The number of carbonyl (C=O) groups is 2. The molecule has 25 heavy (non-hydrogen) atoms. The highest BCUT2D eigenvalue weighted by Gasteiger charge is 2.30. The van der Waals surface area contributed by atoms with Gasteiger partial charge in [0.05, 0.1) is 11.5 Å². The molecular formula is C17H18N2O4S2. The molecule has 0 aromatic heterocycles. The van der Waals surface area contributed by atoms with Gasteiger partial charge in [0.25, 0.3) is 11.8 Å². The Balaban J connectivity index is 2.26. The van der Waals surface area contributed by atoms with Gasteiger partial charge in [0.15, 0.2) is 18.1 Å². The van der Waals surface area contributed by atoms with Crippen molar-refractivity contribution >= 4 is 46.2 Å². The number of hydrogen-bond acceptors (Lipinski definition) is 6. The SMILES string of the molecule is C=CCN1C(=O)/C(=C\c2ccc(OCC(N)=O)c(OCC)c2)SC1=S. The molecule has 0 unspecified atom stereocenters. The Morgan fingerprint density at radius 1 is 1.40 bits per heavy atom. The molecule has 0 bridgehead atoms. The zero-order valence-corrected chi connectivity index (χ0v) is 15.3. The predicted octanol–water partition coefficient (Wildman–Crippen LogP) is 2.34. The smallest absolute Gasteiger partial charge is 0.266 e. The van der Waals surface area contributed by atoms with E-state index >= 15 is 0 Å². The number of thioether (sulfide) groups is 1. The Morgan fingerprint density at radius 3 is 2.80 bits per heavy atom.